The lowest BCUT2D eigenvalue weighted by Crippen LogP contribution is -2.40. The average Bonchev–Trinajstić information content (AvgIpc) is 2.70. The third-order valence-electron chi connectivity index (χ3n) is 5.32. The fourth-order valence-electron chi connectivity index (χ4n) is 3.17. The molecule has 0 saturated heterocycles. The highest BCUT2D eigenvalue weighted by Crippen LogP contribution is 2.31. The fourth-order valence-corrected chi connectivity index (χ4v) is 3.17. The number of nitrogens with one attached hydrogen (secondary N) is 2. The lowest BCUT2D eigenvalue weighted by molar-refractivity contribution is 0.175. The minimum Gasteiger partial charge on any atom is -0.497 e. The molecule has 0 aromatic heterocycles. The predicted octanol–water partition coefficient (Wildman–Crippen LogP) is 4.13. The number of halogens is 1. The van der Waals surface area contributed by atoms with Crippen molar-refractivity contribution in [3.05, 3.63) is 23.8 Å². The van der Waals surface area contributed by atoms with Gasteiger partial charge in [0.1, 0.15) is 11.5 Å². The Balaban J connectivity index is 0.00000729. The molecular formula is C21H38IN3O3. The Bertz CT molecular complexity index is 592. The summed E-state index contributed by atoms with van der Waals surface area (Å²) in [6, 6.07) is 5.77. The zero-order valence-electron chi connectivity index (χ0n) is 18.2. The molecule has 3 N–H and O–H groups in total. The van der Waals surface area contributed by atoms with Gasteiger partial charge >= 0.3 is 0 Å². The van der Waals surface area contributed by atoms with Gasteiger partial charge in [-0.2, -0.15) is 0 Å². The van der Waals surface area contributed by atoms with Crippen LogP contribution < -0.4 is 20.1 Å². The summed E-state index contributed by atoms with van der Waals surface area (Å²) in [4.78, 5) is 4.82. The maximum absolute atomic E-state index is 9.43. The van der Waals surface area contributed by atoms with Crippen LogP contribution in [0.15, 0.2) is 23.2 Å². The molecule has 162 valence electrons. The molecule has 1 aromatic carbocycles. The Labute approximate surface area is 187 Å². The molecule has 0 saturated carbocycles. The van der Waals surface area contributed by atoms with Crippen molar-refractivity contribution in [1.29, 1.82) is 0 Å². The van der Waals surface area contributed by atoms with E-state index in [9.17, 15) is 5.11 Å². The predicted molar refractivity (Wildman–Crippen MR) is 127 cm³/mol. The highest BCUT2D eigenvalue weighted by Gasteiger charge is 2.25. The minimum atomic E-state index is -0.0108. The molecule has 0 spiro atoms. The number of guanidine groups is 1. The normalized spacial score (nSPS) is 12.8. The molecule has 0 bridgehead atoms. The van der Waals surface area contributed by atoms with Crippen LogP contribution in [0.3, 0.4) is 0 Å². The number of hydrogen-bond acceptors (Lipinski definition) is 4. The largest absolute Gasteiger partial charge is 0.497 e. The Hall–Kier alpha value is -1.22. The van der Waals surface area contributed by atoms with Crippen molar-refractivity contribution in [2.45, 2.75) is 53.0 Å². The number of rotatable bonds is 11. The van der Waals surface area contributed by atoms with E-state index in [-0.39, 0.29) is 42.0 Å². The summed E-state index contributed by atoms with van der Waals surface area (Å²) >= 11 is 0. The summed E-state index contributed by atoms with van der Waals surface area (Å²) in [7, 11) is 3.33. The first-order chi connectivity index (χ1) is 13.0. The van der Waals surface area contributed by atoms with E-state index in [0.717, 1.165) is 48.8 Å². The number of aliphatic hydroxyl groups excluding tert-OH is 1. The summed E-state index contributed by atoms with van der Waals surface area (Å²) < 4.78 is 10.9. The van der Waals surface area contributed by atoms with Gasteiger partial charge in [-0.15, -0.1) is 24.0 Å². The number of hydrogen-bond donors (Lipinski definition) is 3. The zero-order chi connectivity index (χ0) is 20.3. The van der Waals surface area contributed by atoms with Crippen molar-refractivity contribution in [3.8, 4) is 11.5 Å². The van der Waals surface area contributed by atoms with Crippen LogP contribution in [-0.4, -0.2) is 45.0 Å². The monoisotopic (exact) mass is 507 g/mol. The minimum absolute atomic E-state index is 0. The van der Waals surface area contributed by atoms with Crippen LogP contribution in [0.1, 0.15) is 58.6 Å². The van der Waals surface area contributed by atoms with Gasteiger partial charge in [0, 0.05) is 25.3 Å². The molecule has 1 atom stereocenters. The van der Waals surface area contributed by atoms with Crippen molar-refractivity contribution in [1.82, 2.24) is 10.6 Å². The summed E-state index contributed by atoms with van der Waals surface area (Å²) in [5, 5.41) is 16.2. The zero-order valence-corrected chi connectivity index (χ0v) is 20.5. The van der Waals surface area contributed by atoms with Crippen molar-refractivity contribution in [3.63, 3.8) is 0 Å². The molecule has 6 nitrogen and oxygen atoms in total. The summed E-state index contributed by atoms with van der Waals surface area (Å²) in [6.07, 6.45) is 2.75. The molecule has 7 heteroatoms. The molecule has 0 radical (unpaired) electrons. The quantitative estimate of drug-likeness (QED) is 0.239. The first-order valence-electron chi connectivity index (χ1n) is 9.86. The second-order valence-corrected chi connectivity index (χ2v) is 6.85. The van der Waals surface area contributed by atoms with E-state index in [1.807, 2.05) is 18.2 Å². The van der Waals surface area contributed by atoms with Gasteiger partial charge in [-0.05, 0) is 56.7 Å². The molecule has 1 aromatic rings. The van der Waals surface area contributed by atoms with Crippen molar-refractivity contribution in [2.24, 2.45) is 10.4 Å². The van der Waals surface area contributed by atoms with Gasteiger partial charge in [0.2, 0.25) is 0 Å². The number of aliphatic hydroxyl groups is 1. The molecule has 0 aliphatic carbocycles. The molecule has 0 aliphatic heterocycles. The summed E-state index contributed by atoms with van der Waals surface area (Å²) in [5.74, 6) is 2.36. The van der Waals surface area contributed by atoms with E-state index in [1.54, 1.807) is 14.2 Å². The number of ether oxygens (including phenoxy) is 2. The third kappa shape index (κ3) is 7.66. The number of nitrogens with zero attached hydrogens (tertiary/aromatic N) is 1. The standard InChI is InChI=1S/C21H37N3O3.HI/c1-7-21(8-2,12-13-25)15-23-20(22-9-3)24-16(4)18-14-17(26-5)10-11-19(18)27-6;/h10-11,14,16,25H,7-9,12-13,15H2,1-6H3,(H2,22,23,24);1H. The molecule has 0 amide bonds. The molecule has 28 heavy (non-hydrogen) atoms. The van der Waals surface area contributed by atoms with E-state index in [0.29, 0.717) is 6.54 Å². The fraction of sp³-hybridized carbons (Fsp3) is 0.667. The number of benzene rings is 1. The average molecular weight is 507 g/mol. The Morgan fingerprint density at radius 1 is 1.18 bits per heavy atom. The lowest BCUT2D eigenvalue weighted by Gasteiger charge is -2.30. The van der Waals surface area contributed by atoms with Gasteiger partial charge in [0.25, 0.3) is 0 Å². The first kappa shape index (κ1) is 26.8. The highest BCUT2D eigenvalue weighted by molar-refractivity contribution is 14.0. The lowest BCUT2D eigenvalue weighted by atomic mass is 9.79. The molecule has 1 rings (SSSR count). The Kier molecular flexibility index (Phi) is 13.3. The van der Waals surface area contributed by atoms with Crippen LogP contribution >= 0.6 is 24.0 Å². The Morgan fingerprint density at radius 2 is 1.86 bits per heavy atom. The molecule has 0 fully saturated rings. The molecule has 0 heterocycles. The first-order valence-corrected chi connectivity index (χ1v) is 9.86. The van der Waals surface area contributed by atoms with Crippen molar-refractivity contribution >= 4 is 29.9 Å². The van der Waals surface area contributed by atoms with E-state index in [1.165, 1.54) is 0 Å². The maximum atomic E-state index is 9.43. The van der Waals surface area contributed by atoms with Gasteiger partial charge in [-0.1, -0.05) is 13.8 Å². The van der Waals surface area contributed by atoms with Crippen LogP contribution in [0.25, 0.3) is 0 Å². The van der Waals surface area contributed by atoms with E-state index in [2.05, 4.69) is 38.3 Å². The molecule has 0 aliphatic rings. The van der Waals surface area contributed by atoms with Gasteiger partial charge in [0.15, 0.2) is 5.96 Å². The highest BCUT2D eigenvalue weighted by atomic mass is 127. The topological polar surface area (TPSA) is 75.1 Å². The molecular weight excluding hydrogens is 469 g/mol. The van der Waals surface area contributed by atoms with Crippen molar-refractivity contribution in [2.75, 3.05) is 33.9 Å². The maximum Gasteiger partial charge on any atom is 0.191 e. The molecule has 1 unspecified atom stereocenters. The second-order valence-electron chi connectivity index (χ2n) is 6.85. The van der Waals surface area contributed by atoms with E-state index >= 15 is 0 Å². The van der Waals surface area contributed by atoms with Gasteiger partial charge in [0.05, 0.1) is 20.3 Å². The number of aliphatic imine (C=N–C) groups is 1. The second kappa shape index (κ2) is 13.9. The SMILES string of the molecule is CCNC(=NCC(CC)(CC)CCO)NC(C)c1cc(OC)ccc1OC.I. The van der Waals surface area contributed by atoms with Crippen LogP contribution in [-0.2, 0) is 0 Å². The van der Waals surface area contributed by atoms with Crippen molar-refractivity contribution < 1.29 is 14.6 Å². The smallest absolute Gasteiger partial charge is 0.191 e. The summed E-state index contributed by atoms with van der Waals surface area (Å²) in [5.41, 5.74) is 1.05. The van der Waals surface area contributed by atoms with Crippen LogP contribution in [0.5, 0.6) is 11.5 Å². The third-order valence-corrected chi connectivity index (χ3v) is 5.32. The summed E-state index contributed by atoms with van der Waals surface area (Å²) in [6.45, 7) is 10.1. The van der Waals surface area contributed by atoms with E-state index < -0.39 is 0 Å². The van der Waals surface area contributed by atoms with Crippen LogP contribution in [0.4, 0.5) is 0 Å². The van der Waals surface area contributed by atoms with Gasteiger partial charge in [-0.25, -0.2) is 0 Å². The Morgan fingerprint density at radius 3 is 2.36 bits per heavy atom. The van der Waals surface area contributed by atoms with Gasteiger partial charge < -0.3 is 25.2 Å². The van der Waals surface area contributed by atoms with Gasteiger partial charge in [-0.3, -0.25) is 4.99 Å². The van der Waals surface area contributed by atoms with Crippen LogP contribution in [0.2, 0.25) is 0 Å². The number of methoxy groups -OCH3 is 2. The van der Waals surface area contributed by atoms with E-state index in [4.69, 9.17) is 14.5 Å². The van der Waals surface area contributed by atoms with Crippen LogP contribution in [0, 0.1) is 5.41 Å².